The summed E-state index contributed by atoms with van der Waals surface area (Å²) in [6.07, 6.45) is 1.10. The third kappa shape index (κ3) is 3.74. The zero-order valence-corrected chi connectivity index (χ0v) is 16.2. The molecule has 0 fully saturated rings. The van der Waals surface area contributed by atoms with E-state index < -0.39 is 27.0 Å². The third-order valence-electron chi connectivity index (χ3n) is 4.32. The van der Waals surface area contributed by atoms with Crippen molar-refractivity contribution in [3.05, 3.63) is 69.4 Å². The van der Waals surface area contributed by atoms with Crippen molar-refractivity contribution in [2.24, 2.45) is 0 Å². The van der Waals surface area contributed by atoms with Gasteiger partial charge in [0.25, 0.3) is 5.56 Å². The number of para-hydroxylation sites is 1. The largest absolute Gasteiger partial charge is 0.331 e. The van der Waals surface area contributed by atoms with Gasteiger partial charge in [-0.25, -0.2) is 13.2 Å². The summed E-state index contributed by atoms with van der Waals surface area (Å²) in [5, 5.41) is 2.99. The topological polar surface area (TPSA) is 107 Å². The van der Waals surface area contributed by atoms with Crippen LogP contribution in [0.1, 0.15) is 6.92 Å². The van der Waals surface area contributed by atoms with Crippen molar-refractivity contribution in [2.45, 2.75) is 24.9 Å². The zero-order valence-electron chi connectivity index (χ0n) is 15.4. The fourth-order valence-electron chi connectivity index (χ4n) is 2.93. The smallest absolute Gasteiger partial charge is 0.325 e. The molecule has 0 saturated heterocycles. The highest BCUT2D eigenvalue weighted by molar-refractivity contribution is 7.90. The second kappa shape index (κ2) is 7.43. The van der Waals surface area contributed by atoms with Crippen LogP contribution in [0.3, 0.4) is 0 Å². The van der Waals surface area contributed by atoms with E-state index in [9.17, 15) is 22.8 Å². The monoisotopic (exact) mass is 401 g/mol. The van der Waals surface area contributed by atoms with Gasteiger partial charge in [-0.05, 0) is 43.3 Å². The van der Waals surface area contributed by atoms with Crippen molar-refractivity contribution in [3.8, 4) is 0 Å². The molecule has 0 bridgehead atoms. The number of amides is 1. The van der Waals surface area contributed by atoms with Crippen LogP contribution in [0.25, 0.3) is 10.9 Å². The summed E-state index contributed by atoms with van der Waals surface area (Å²) in [5.74, 6) is -0.472. The Morgan fingerprint density at radius 1 is 1.00 bits per heavy atom. The summed E-state index contributed by atoms with van der Waals surface area (Å²) >= 11 is 0. The molecular weight excluding hydrogens is 382 g/mol. The summed E-state index contributed by atoms with van der Waals surface area (Å²) in [5.41, 5.74) is -0.173. The van der Waals surface area contributed by atoms with Gasteiger partial charge >= 0.3 is 5.69 Å². The molecule has 1 heterocycles. The molecule has 8 nitrogen and oxygen atoms in total. The van der Waals surface area contributed by atoms with Gasteiger partial charge in [0.05, 0.1) is 15.8 Å². The van der Waals surface area contributed by atoms with Gasteiger partial charge in [0, 0.05) is 18.5 Å². The van der Waals surface area contributed by atoms with E-state index in [2.05, 4.69) is 5.32 Å². The first-order valence-corrected chi connectivity index (χ1v) is 10.4. The number of carbonyl (C=O) groups is 1. The minimum absolute atomic E-state index is 0.141. The van der Waals surface area contributed by atoms with Crippen molar-refractivity contribution in [2.75, 3.05) is 11.6 Å². The number of carbonyl (C=O) groups excluding carboxylic acids is 1. The third-order valence-corrected chi connectivity index (χ3v) is 5.44. The summed E-state index contributed by atoms with van der Waals surface area (Å²) in [7, 11) is -3.33. The highest BCUT2D eigenvalue weighted by atomic mass is 32.2. The Morgan fingerprint density at radius 2 is 1.64 bits per heavy atom. The summed E-state index contributed by atoms with van der Waals surface area (Å²) in [4.78, 5) is 37.7. The van der Waals surface area contributed by atoms with Gasteiger partial charge in [0.1, 0.15) is 6.54 Å². The highest BCUT2D eigenvalue weighted by Crippen LogP contribution is 2.14. The number of nitrogens with zero attached hydrogens (tertiary/aromatic N) is 2. The molecular formula is C19H19N3O5S. The van der Waals surface area contributed by atoms with Gasteiger partial charge in [-0.1, -0.05) is 12.1 Å². The summed E-state index contributed by atoms with van der Waals surface area (Å²) < 4.78 is 25.3. The second-order valence-corrected chi connectivity index (χ2v) is 8.30. The molecule has 1 aromatic heterocycles. The lowest BCUT2D eigenvalue weighted by Gasteiger charge is -2.13. The lowest BCUT2D eigenvalue weighted by molar-refractivity contribution is -0.116. The van der Waals surface area contributed by atoms with E-state index in [4.69, 9.17) is 0 Å². The Hall–Kier alpha value is -3.20. The number of fused-ring (bicyclic) bond motifs is 1. The maximum Gasteiger partial charge on any atom is 0.331 e. The van der Waals surface area contributed by atoms with Crippen LogP contribution >= 0.6 is 0 Å². The Labute approximate surface area is 161 Å². The molecule has 1 N–H and O–H groups in total. The Bertz CT molecular complexity index is 1270. The van der Waals surface area contributed by atoms with E-state index in [0.717, 1.165) is 10.8 Å². The van der Waals surface area contributed by atoms with Crippen LogP contribution in [0, 0.1) is 0 Å². The van der Waals surface area contributed by atoms with E-state index in [-0.39, 0.29) is 18.0 Å². The first-order valence-electron chi connectivity index (χ1n) is 8.54. The van der Waals surface area contributed by atoms with Crippen molar-refractivity contribution < 1.29 is 13.2 Å². The molecule has 0 aliphatic carbocycles. The average Bonchev–Trinajstić information content (AvgIpc) is 2.65. The zero-order chi connectivity index (χ0) is 20.5. The molecule has 0 radical (unpaired) electrons. The van der Waals surface area contributed by atoms with Gasteiger partial charge in [0.2, 0.25) is 5.91 Å². The van der Waals surface area contributed by atoms with Crippen molar-refractivity contribution in [1.82, 2.24) is 9.13 Å². The van der Waals surface area contributed by atoms with Gasteiger partial charge in [-0.3, -0.25) is 18.7 Å². The van der Waals surface area contributed by atoms with Crippen molar-refractivity contribution in [1.29, 1.82) is 0 Å². The molecule has 9 heteroatoms. The number of sulfone groups is 1. The maximum atomic E-state index is 12.7. The van der Waals surface area contributed by atoms with Crippen molar-refractivity contribution in [3.63, 3.8) is 0 Å². The second-order valence-electron chi connectivity index (χ2n) is 6.28. The highest BCUT2D eigenvalue weighted by Gasteiger charge is 2.15. The van der Waals surface area contributed by atoms with Crippen LogP contribution in [0.5, 0.6) is 0 Å². The van der Waals surface area contributed by atoms with Gasteiger partial charge < -0.3 is 5.32 Å². The molecule has 0 spiro atoms. The first-order chi connectivity index (χ1) is 13.2. The number of hydrogen-bond donors (Lipinski definition) is 1. The molecule has 3 rings (SSSR count). The predicted molar refractivity (Wildman–Crippen MR) is 106 cm³/mol. The van der Waals surface area contributed by atoms with E-state index in [1.165, 1.54) is 28.8 Å². The van der Waals surface area contributed by atoms with Crippen LogP contribution in [-0.2, 0) is 27.7 Å². The van der Waals surface area contributed by atoms with Crippen LogP contribution in [-0.4, -0.2) is 29.7 Å². The van der Waals surface area contributed by atoms with Crippen LogP contribution in [0.2, 0.25) is 0 Å². The minimum atomic E-state index is -3.33. The SMILES string of the molecule is CCn1c(=O)c2ccccc2n(CC(=O)Nc2ccc(S(C)(=O)=O)cc2)c1=O. The lowest BCUT2D eigenvalue weighted by atomic mass is 10.2. The number of nitrogens with one attached hydrogen (secondary N) is 1. The fraction of sp³-hybridized carbons (Fsp3) is 0.211. The molecule has 2 aromatic carbocycles. The molecule has 28 heavy (non-hydrogen) atoms. The minimum Gasteiger partial charge on any atom is -0.325 e. The molecule has 0 atom stereocenters. The van der Waals surface area contributed by atoms with Gasteiger partial charge in [0.15, 0.2) is 9.84 Å². The van der Waals surface area contributed by atoms with Crippen LogP contribution in [0.4, 0.5) is 5.69 Å². The summed E-state index contributed by atoms with van der Waals surface area (Å²) in [6.45, 7) is 1.59. The van der Waals surface area contributed by atoms with Crippen LogP contribution < -0.4 is 16.6 Å². The number of aromatic nitrogens is 2. The first kappa shape index (κ1) is 19.6. The normalized spacial score (nSPS) is 11.5. The van der Waals surface area contributed by atoms with Gasteiger partial charge in [-0.15, -0.1) is 0 Å². The fourth-order valence-corrected chi connectivity index (χ4v) is 3.56. The molecule has 3 aromatic rings. The Kier molecular flexibility index (Phi) is 5.19. The molecule has 146 valence electrons. The van der Waals surface area contributed by atoms with E-state index in [1.54, 1.807) is 31.2 Å². The van der Waals surface area contributed by atoms with E-state index in [0.29, 0.717) is 16.6 Å². The maximum absolute atomic E-state index is 12.7. The lowest BCUT2D eigenvalue weighted by Crippen LogP contribution is -2.41. The van der Waals surface area contributed by atoms with E-state index in [1.807, 2.05) is 0 Å². The van der Waals surface area contributed by atoms with Gasteiger partial charge in [-0.2, -0.15) is 0 Å². The Morgan fingerprint density at radius 3 is 2.25 bits per heavy atom. The molecule has 0 aliphatic rings. The number of hydrogen-bond acceptors (Lipinski definition) is 5. The van der Waals surface area contributed by atoms with E-state index >= 15 is 0 Å². The molecule has 0 saturated carbocycles. The Balaban J connectivity index is 1.94. The summed E-state index contributed by atoms with van der Waals surface area (Å²) in [6, 6.07) is 12.4. The molecule has 0 unspecified atom stereocenters. The number of benzene rings is 2. The standard InChI is InChI=1S/C19H19N3O5S/c1-3-21-18(24)15-6-4-5-7-16(15)22(19(21)25)12-17(23)20-13-8-10-14(11-9-13)28(2,26)27/h4-11H,3,12H2,1-2H3,(H,20,23). The average molecular weight is 401 g/mol. The quantitative estimate of drug-likeness (QED) is 0.692. The number of rotatable bonds is 5. The molecule has 0 aliphatic heterocycles. The molecule has 1 amide bonds. The van der Waals surface area contributed by atoms with Crippen LogP contribution in [0.15, 0.2) is 63.0 Å². The number of anilines is 1. The van der Waals surface area contributed by atoms with Crippen molar-refractivity contribution >= 4 is 32.3 Å². The predicted octanol–water partition coefficient (Wildman–Crippen LogP) is 1.23.